The van der Waals surface area contributed by atoms with Gasteiger partial charge in [-0.15, -0.1) is 0 Å². The van der Waals surface area contributed by atoms with Crippen LogP contribution >= 0.6 is 0 Å². The summed E-state index contributed by atoms with van der Waals surface area (Å²) >= 11 is 0. The van der Waals surface area contributed by atoms with Gasteiger partial charge in [-0.1, -0.05) is 18.2 Å². The topological polar surface area (TPSA) is 36.4 Å². The molecule has 3 rings (SSSR count). The SMILES string of the molecule is CN(C[C@@H]1CCN(C)[C@H]1c1cccnc1)C(=O)C[C@@H]1C=CCC1. The van der Waals surface area contributed by atoms with Crippen molar-refractivity contribution in [1.29, 1.82) is 0 Å². The predicted octanol–water partition coefficient (Wildman–Crippen LogP) is 2.89. The zero-order valence-electron chi connectivity index (χ0n) is 14.2. The van der Waals surface area contributed by atoms with Crippen LogP contribution in [0.5, 0.6) is 0 Å². The van der Waals surface area contributed by atoms with Gasteiger partial charge in [0.25, 0.3) is 0 Å². The summed E-state index contributed by atoms with van der Waals surface area (Å²) in [6, 6.07) is 4.52. The smallest absolute Gasteiger partial charge is 0.222 e. The van der Waals surface area contributed by atoms with Gasteiger partial charge in [-0.3, -0.25) is 14.7 Å². The summed E-state index contributed by atoms with van der Waals surface area (Å²) in [5, 5.41) is 0. The van der Waals surface area contributed by atoms with E-state index in [0.29, 0.717) is 24.3 Å². The lowest BCUT2D eigenvalue weighted by Crippen LogP contribution is -2.34. The second-order valence-corrected chi connectivity index (χ2v) is 7.00. The first kappa shape index (κ1) is 16.2. The van der Waals surface area contributed by atoms with Crippen molar-refractivity contribution in [2.75, 3.05) is 27.2 Å². The zero-order chi connectivity index (χ0) is 16.2. The Balaban J connectivity index is 1.61. The quantitative estimate of drug-likeness (QED) is 0.784. The molecule has 1 fully saturated rings. The summed E-state index contributed by atoms with van der Waals surface area (Å²) < 4.78 is 0. The summed E-state index contributed by atoms with van der Waals surface area (Å²) in [7, 11) is 4.13. The fourth-order valence-electron chi connectivity index (χ4n) is 3.99. The highest BCUT2D eigenvalue weighted by molar-refractivity contribution is 5.76. The molecule has 0 saturated carbocycles. The molecule has 124 valence electrons. The van der Waals surface area contributed by atoms with Crippen molar-refractivity contribution in [3.05, 3.63) is 42.2 Å². The largest absolute Gasteiger partial charge is 0.345 e. The molecular formula is C19H27N3O. The number of hydrogen-bond acceptors (Lipinski definition) is 3. The molecule has 23 heavy (non-hydrogen) atoms. The van der Waals surface area contributed by atoms with Crippen LogP contribution in [0.1, 0.15) is 37.3 Å². The van der Waals surface area contributed by atoms with E-state index in [1.165, 1.54) is 5.56 Å². The maximum absolute atomic E-state index is 12.5. The van der Waals surface area contributed by atoms with E-state index in [9.17, 15) is 4.79 Å². The Bertz CT molecular complexity index is 557. The summed E-state index contributed by atoms with van der Waals surface area (Å²) in [6.07, 6.45) is 12.2. The average Bonchev–Trinajstić information content (AvgIpc) is 3.18. The third kappa shape index (κ3) is 3.81. The molecule has 2 heterocycles. The number of carbonyl (C=O) groups excluding carboxylic acids is 1. The first-order valence-corrected chi connectivity index (χ1v) is 8.66. The Kier molecular flexibility index (Phi) is 5.11. The van der Waals surface area contributed by atoms with Crippen molar-refractivity contribution in [2.45, 2.75) is 31.7 Å². The first-order chi connectivity index (χ1) is 11.1. The average molecular weight is 313 g/mol. The molecule has 0 bridgehead atoms. The molecule has 4 nitrogen and oxygen atoms in total. The molecule has 0 unspecified atom stereocenters. The van der Waals surface area contributed by atoms with E-state index in [1.54, 1.807) is 0 Å². The molecular weight excluding hydrogens is 286 g/mol. The van der Waals surface area contributed by atoms with Crippen LogP contribution in [0.4, 0.5) is 0 Å². The van der Waals surface area contributed by atoms with Gasteiger partial charge in [0.2, 0.25) is 5.91 Å². The number of aromatic nitrogens is 1. The normalized spacial score (nSPS) is 27.5. The number of carbonyl (C=O) groups is 1. The lowest BCUT2D eigenvalue weighted by molar-refractivity contribution is -0.131. The Morgan fingerprint density at radius 2 is 2.30 bits per heavy atom. The molecule has 0 radical (unpaired) electrons. The van der Waals surface area contributed by atoms with Crippen LogP contribution in [0.15, 0.2) is 36.7 Å². The molecule has 1 aliphatic heterocycles. The standard InChI is InChI=1S/C19H27N3O/c1-21-11-9-17(19(21)16-8-5-10-20-13-16)14-22(2)18(23)12-15-6-3-4-7-15/h3,5-6,8,10,13,15,17,19H,4,7,9,11-12,14H2,1-2H3/t15-,17+,19+/m1/s1. The van der Waals surface area contributed by atoms with E-state index >= 15 is 0 Å². The lowest BCUT2D eigenvalue weighted by atomic mass is 9.94. The molecule has 1 amide bonds. The van der Waals surface area contributed by atoms with Crippen molar-refractivity contribution < 1.29 is 4.79 Å². The summed E-state index contributed by atoms with van der Waals surface area (Å²) in [6.45, 7) is 1.91. The molecule has 4 heteroatoms. The number of nitrogens with zero attached hydrogens (tertiary/aromatic N) is 3. The Labute approximate surface area is 139 Å². The highest BCUT2D eigenvalue weighted by Crippen LogP contribution is 2.36. The lowest BCUT2D eigenvalue weighted by Gasteiger charge is -2.29. The second-order valence-electron chi connectivity index (χ2n) is 7.00. The number of rotatable bonds is 5. The van der Waals surface area contributed by atoms with Crippen LogP contribution < -0.4 is 0 Å². The molecule has 1 aromatic rings. The highest BCUT2D eigenvalue weighted by atomic mass is 16.2. The van der Waals surface area contributed by atoms with Gasteiger partial charge in [0.15, 0.2) is 0 Å². The summed E-state index contributed by atoms with van der Waals surface area (Å²) in [5.74, 6) is 1.21. The van der Waals surface area contributed by atoms with Gasteiger partial charge in [-0.25, -0.2) is 0 Å². The molecule has 1 aliphatic carbocycles. The third-order valence-electron chi connectivity index (χ3n) is 5.28. The minimum atomic E-state index is 0.279. The molecule has 0 aromatic carbocycles. The van der Waals surface area contributed by atoms with Crippen molar-refractivity contribution >= 4 is 5.91 Å². The molecule has 2 aliphatic rings. The molecule has 0 spiro atoms. The van der Waals surface area contributed by atoms with Gasteiger partial charge < -0.3 is 4.90 Å². The monoisotopic (exact) mass is 313 g/mol. The van der Waals surface area contributed by atoms with Crippen LogP contribution in [-0.4, -0.2) is 47.9 Å². The molecule has 1 aromatic heterocycles. The van der Waals surface area contributed by atoms with Gasteiger partial charge >= 0.3 is 0 Å². The van der Waals surface area contributed by atoms with Crippen molar-refractivity contribution in [3.8, 4) is 0 Å². The molecule has 0 N–H and O–H groups in total. The van der Waals surface area contributed by atoms with E-state index in [0.717, 1.165) is 32.4 Å². The van der Waals surface area contributed by atoms with E-state index in [2.05, 4.69) is 35.1 Å². The van der Waals surface area contributed by atoms with Crippen LogP contribution in [0.3, 0.4) is 0 Å². The number of pyridine rings is 1. The number of amides is 1. The Morgan fingerprint density at radius 1 is 1.43 bits per heavy atom. The second kappa shape index (κ2) is 7.26. The Hall–Kier alpha value is -1.68. The first-order valence-electron chi connectivity index (χ1n) is 8.66. The minimum Gasteiger partial charge on any atom is -0.345 e. The number of allylic oxidation sites excluding steroid dienone is 2. The zero-order valence-corrected chi connectivity index (χ0v) is 14.2. The molecule has 3 atom stereocenters. The maximum Gasteiger partial charge on any atom is 0.222 e. The van der Waals surface area contributed by atoms with Crippen molar-refractivity contribution in [2.24, 2.45) is 11.8 Å². The van der Waals surface area contributed by atoms with Gasteiger partial charge in [0, 0.05) is 38.4 Å². The van der Waals surface area contributed by atoms with Gasteiger partial charge in [0.1, 0.15) is 0 Å². The number of hydrogen-bond donors (Lipinski definition) is 0. The van der Waals surface area contributed by atoms with Crippen LogP contribution in [-0.2, 0) is 4.79 Å². The fourth-order valence-corrected chi connectivity index (χ4v) is 3.99. The van der Waals surface area contributed by atoms with Gasteiger partial charge in [-0.05, 0) is 56.3 Å². The van der Waals surface area contributed by atoms with Gasteiger partial charge in [0.05, 0.1) is 0 Å². The fraction of sp³-hybridized carbons (Fsp3) is 0.579. The third-order valence-corrected chi connectivity index (χ3v) is 5.28. The summed E-state index contributed by atoms with van der Waals surface area (Å²) in [5.41, 5.74) is 1.26. The van der Waals surface area contributed by atoms with Crippen LogP contribution in [0, 0.1) is 11.8 Å². The van der Waals surface area contributed by atoms with Crippen LogP contribution in [0.25, 0.3) is 0 Å². The molecule has 1 saturated heterocycles. The van der Waals surface area contributed by atoms with Crippen molar-refractivity contribution in [3.63, 3.8) is 0 Å². The maximum atomic E-state index is 12.5. The van der Waals surface area contributed by atoms with Crippen molar-refractivity contribution in [1.82, 2.24) is 14.8 Å². The van der Waals surface area contributed by atoms with E-state index in [-0.39, 0.29) is 5.91 Å². The van der Waals surface area contributed by atoms with E-state index in [4.69, 9.17) is 0 Å². The minimum absolute atomic E-state index is 0.279. The highest BCUT2D eigenvalue weighted by Gasteiger charge is 2.34. The van der Waals surface area contributed by atoms with Gasteiger partial charge in [-0.2, -0.15) is 0 Å². The Morgan fingerprint density at radius 3 is 3.00 bits per heavy atom. The van der Waals surface area contributed by atoms with Crippen LogP contribution in [0.2, 0.25) is 0 Å². The van der Waals surface area contributed by atoms with E-state index < -0.39 is 0 Å². The predicted molar refractivity (Wildman–Crippen MR) is 91.8 cm³/mol. The number of likely N-dealkylation sites (tertiary alicyclic amines) is 1. The van der Waals surface area contributed by atoms with E-state index in [1.807, 2.05) is 30.4 Å². The summed E-state index contributed by atoms with van der Waals surface area (Å²) in [4.78, 5) is 21.1.